The molecule has 1 aromatic carbocycles. The molecule has 1 atom stereocenters. The molecule has 138 valence electrons. The average molecular weight is 393 g/mol. The Balaban J connectivity index is 1.65. The van der Waals surface area contributed by atoms with Gasteiger partial charge < -0.3 is 10.0 Å². The van der Waals surface area contributed by atoms with Gasteiger partial charge in [-0.25, -0.2) is 4.98 Å². The number of aliphatic carboxylic acids is 1. The van der Waals surface area contributed by atoms with Crippen molar-refractivity contribution in [2.75, 3.05) is 6.54 Å². The second kappa shape index (κ2) is 8.64. The normalized spacial score (nSPS) is 17.3. The van der Waals surface area contributed by atoms with E-state index < -0.39 is 5.97 Å². The molecule has 1 saturated heterocycles. The lowest BCUT2D eigenvalue weighted by atomic mass is 9.97. The molecule has 0 spiro atoms. The van der Waals surface area contributed by atoms with Crippen molar-refractivity contribution in [2.45, 2.75) is 44.6 Å². The number of benzene rings is 1. The lowest BCUT2D eigenvalue weighted by Gasteiger charge is -2.35. The van der Waals surface area contributed by atoms with E-state index in [-0.39, 0.29) is 24.8 Å². The molecule has 1 aliphatic rings. The van der Waals surface area contributed by atoms with Crippen LogP contribution in [0.5, 0.6) is 0 Å². The van der Waals surface area contributed by atoms with Crippen LogP contribution < -0.4 is 0 Å². The number of nitrogens with zero attached hydrogens (tertiary/aromatic N) is 2. The van der Waals surface area contributed by atoms with Crippen molar-refractivity contribution in [1.82, 2.24) is 9.88 Å². The van der Waals surface area contributed by atoms with Gasteiger partial charge in [0, 0.05) is 35.0 Å². The van der Waals surface area contributed by atoms with E-state index in [0.717, 1.165) is 35.5 Å². The molecule has 1 unspecified atom stereocenters. The van der Waals surface area contributed by atoms with Crippen LogP contribution in [0.3, 0.4) is 0 Å². The molecule has 1 N–H and O–H groups in total. The Hall–Kier alpha value is -1.92. The summed E-state index contributed by atoms with van der Waals surface area (Å²) < 4.78 is 0. The first-order valence-electron chi connectivity index (χ1n) is 8.74. The molecule has 3 rings (SSSR count). The monoisotopic (exact) mass is 392 g/mol. The lowest BCUT2D eigenvalue weighted by molar-refractivity contribution is -0.139. The van der Waals surface area contributed by atoms with Crippen LogP contribution in [0.25, 0.3) is 10.6 Å². The SMILES string of the molecule is O=C(O)CCC1CCCCN1C(=O)Cc1csc(-c2ccc(Cl)cc2)n1. The highest BCUT2D eigenvalue weighted by molar-refractivity contribution is 7.13. The first-order chi connectivity index (χ1) is 12.5. The molecular formula is C19H21ClN2O3S. The predicted molar refractivity (Wildman–Crippen MR) is 102 cm³/mol. The fourth-order valence-corrected chi connectivity index (χ4v) is 4.24. The van der Waals surface area contributed by atoms with Gasteiger partial charge in [-0.1, -0.05) is 23.7 Å². The number of amides is 1. The van der Waals surface area contributed by atoms with E-state index in [1.807, 2.05) is 34.5 Å². The zero-order chi connectivity index (χ0) is 18.5. The Morgan fingerprint density at radius 2 is 2.04 bits per heavy atom. The highest BCUT2D eigenvalue weighted by Gasteiger charge is 2.27. The predicted octanol–water partition coefficient (Wildman–Crippen LogP) is 4.25. The van der Waals surface area contributed by atoms with Crippen molar-refractivity contribution < 1.29 is 14.7 Å². The summed E-state index contributed by atoms with van der Waals surface area (Å²) in [6.45, 7) is 0.706. The van der Waals surface area contributed by atoms with Gasteiger partial charge in [0.2, 0.25) is 5.91 Å². The van der Waals surface area contributed by atoms with Crippen LogP contribution in [0.1, 0.15) is 37.8 Å². The van der Waals surface area contributed by atoms with Crippen LogP contribution >= 0.6 is 22.9 Å². The zero-order valence-corrected chi connectivity index (χ0v) is 15.9. The molecule has 0 bridgehead atoms. The maximum atomic E-state index is 12.7. The molecule has 2 heterocycles. The Morgan fingerprint density at radius 1 is 1.27 bits per heavy atom. The fraction of sp³-hybridized carbons (Fsp3) is 0.421. The average Bonchev–Trinajstić information content (AvgIpc) is 3.09. The molecule has 2 aromatic rings. The number of likely N-dealkylation sites (tertiary alicyclic amines) is 1. The maximum absolute atomic E-state index is 12.7. The molecule has 1 aromatic heterocycles. The van der Waals surface area contributed by atoms with E-state index in [9.17, 15) is 9.59 Å². The van der Waals surface area contributed by atoms with Crippen molar-refractivity contribution in [3.8, 4) is 10.6 Å². The first-order valence-corrected chi connectivity index (χ1v) is 10.0. The van der Waals surface area contributed by atoms with Crippen LogP contribution in [0.4, 0.5) is 0 Å². The molecule has 1 aliphatic heterocycles. The van der Waals surface area contributed by atoms with Gasteiger partial charge in [-0.15, -0.1) is 11.3 Å². The van der Waals surface area contributed by atoms with Crippen LogP contribution in [-0.4, -0.2) is 39.5 Å². The number of rotatable bonds is 6. The number of hydrogen-bond donors (Lipinski definition) is 1. The van der Waals surface area contributed by atoms with Crippen molar-refractivity contribution >= 4 is 34.8 Å². The van der Waals surface area contributed by atoms with Gasteiger partial charge in [0.1, 0.15) is 5.01 Å². The van der Waals surface area contributed by atoms with Crippen molar-refractivity contribution in [3.05, 3.63) is 40.4 Å². The number of halogens is 1. The smallest absolute Gasteiger partial charge is 0.303 e. The van der Waals surface area contributed by atoms with Gasteiger partial charge in [0.25, 0.3) is 0 Å². The third kappa shape index (κ3) is 4.83. The van der Waals surface area contributed by atoms with Crippen molar-refractivity contribution in [3.63, 3.8) is 0 Å². The van der Waals surface area contributed by atoms with E-state index in [1.165, 1.54) is 11.3 Å². The third-order valence-corrected chi connectivity index (χ3v) is 5.81. The molecular weight excluding hydrogens is 372 g/mol. The van der Waals surface area contributed by atoms with E-state index in [2.05, 4.69) is 4.98 Å². The molecule has 0 radical (unpaired) electrons. The number of carboxylic acid groups (broad SMARTS) is 1. The minimum absolute atomic E-state index is 0.0294. The number of thiazole rings is 1. The Bertz CT molecular complexity index is 775. The summed E-state index contributed by atoms with van der Waals surface area (Å²) in [6.07, 6.45) is 3.79. The van der Waals surface area contributed by atoms with Gasteiger partial charge in [-0.05, 0) is 37.8 Å². The fourth-order valence-electron chi connectivity index (χ4n) is 3.29. The lowest BCUT2D eigenvalue weighted by Crippen LogP contribution is -2.44. The van der Waals surface area contributed by atoms with Crippen LogP contribution in [0.2, 0.25) is 5.02 Å². The number of piperidine rings is 1. The van der Waals surface area contributed by atoms with E-state index in [0.29, 0.717) is 18.0 Å². The minimum atomic E-state index is -0.810. The molecule has 26 heavy (non-hydrogen) atoms. The summed E-state index contributed by atoms with van der Waals surface area (Å²) in [6, 6.07) is 7.51. The number of aromatic nitrogens is 1. The van der Waals surface area contributed by atoms with Crippen molar-refractivity contribution in [1.29, 1.82) is 0 Å². The van der Waals surface area contributed by atoms with Gasteiger partial charge in [0.05, 0.1) is 12.1 Å². The summed E-state index contributed by atoms with van der Waals surface area (Å²) in [5.74, 6) is -0.775. The van der Waals surface area contributed by atoms with Crippen molar-refractivity contribution in [2.24, 2.45) is 0 Å². The van der Waals surface area contributed by atoms with Gasteiger partial charge in [-0.2, -0.15) is 0 Å². The largest absolute Gasteiger partial charge is 0.481 e. The quantitative estimate of drug-likeness (QED) is 0.797. The standard InChI is InChI=1S/C19H21ClN2O3S/c20-14-6-4-13(5-7-14)19-21-15(12-26-19)11-17(23)22-10-2-1-3-16(22)8-9-18(24)25/h4-7,12,16H,1-3,8-11H2,(H,24,25). The molecule has 1 fully saturated rings. The van der Waals surface area contributed by atoms with E-state index in [1.54, 1.807) is 0 Å². The Labute approximate surface area is 161 Å². The Kier molecular flexibility index (Phi) is 6.27. The summed E-state index contributed by atoms with van der Waals surface area (Å²) >= 11 is 7.42. The molecule has 7 heteroatoms. The summed E-state index contributed by atoms with van der Waals surface area (Å²) in [7, 11) is 0. The molecule has 0 saturated carbocycles. The number of carboxylic acids is 1. The number of carbonyl (C=O) groups excluding carboxylic acids is 1. The van der Waals surface area contributed by atoms with Crippen LogP contribution in [-0.2, 0) is 16.0 Å². The number of hydrogen-bond acceptors (Lipinski definition) is 4. The van der Waals surface area contributed by atoms with Crippen LogP contribution in [0, 0.1) is 0 Å². The summed E-state index contributed by atoms with van der Waals surface area (Å²) in [4.78, 5) is 30.0. The van der Waals surface area contributed by atoms with Crippen LogP contribution in [0.15, 0.2) is 29.6 Å². The molecule has 5 nitrogen and oxygen atoms in total. The second-order valence-electron chi connectivity index (χ2n) is 6.50. The number of carbonyl (C=O) groups is 2. The van der Waals surface area contributed by atoms with Gasteiger partial charge in [0.15, 0.2) is 0 Å². The van der Waals surface area contributed by atoms with E-state index >= 15 is 0 Å². The van der Waals surface area contributed by atoms with Gasteiger partial charge >= 0.3 is 5.97 Å². The summed E-state index contributed by atoms with van der Waals surface area (Å²) in [5.41, 5.74) is 1.74. The third-order valence-electron chi connectivity index (χ3n) is 4.61. The highest BCUT2D eigenvalue weighted by Crippen LogP contribution is 2.26. The molecule has 1 amide bonds. The van der Waals surface area contributed by atoms with Gasteiger partial charge in [-0.3, -0.25) is 9.59 Å². The second-order valence-corrected chi connectivity index (χ2v) is 7.79. The van der Waals surface area contributed by atoms with E-state index in [4.69, 9.17) is 16.7 Å². The first kappa shape index (κ1) is 18.9. The highest BCUT2D eigenvalue weighted by atomic mass is 35.5. The Morgan fingerprint density at radius 3 is 2.77 bits per heavy atom. The zero-order valence-electron chi connectivity index (χ0n) is 14.4. The maximum Gasteiger partial charge on any atom is 0.303 e. The topological polar surface area (TPSA) is 70.5 Å². The molecule has 0 aliphatic carbocycles. The minimum Gasteiger partial charge on any atom is -0.481 e. The summed E-state index contributed by atoms with van der Waals surface area (Å²) in [5, 5.41) is 12.4.